The first-order valence-corrected chi connectivity index (χ1v) is 5.46. The van der Waals surface area contributed by atoms with E-state index in [0.29, 0.717) is 0 Å². The Labute approximate surface area is 107 Å². The lowest BCUT2D eigenvalue weighted by atomic mass is 9.51. The second kappa shape index (κ2) is 5.08. The summed E-state index contributed by atoms with van der Waals surface area (Å²) in [6.45, 7) is 13.8. The Morgan fingerprint density at radius 1 is 0.889 bits per heavy atom. The third kappa shape index (κ3) is 2.54. The van der Waals surface area contributed by atoms with Crippen LogP contribution in [-0.2, 0) is 9.59 Å². The fourth-order valence-electron chi connectivity index (χ4n) is 2.96. The van der Waals surface area contributed by atoms with E-state index in [1.54, 1.807) is 41.5 Å². The highest BCUT2D eigenvalue weighted by molar-refractivity contribution is 5.97. The lowest BCUT2D eigenvalue weighted by Gasteiger charge is -2.50. The SMILES string of the molecule is C=C(C(=O)O)C(C(=O)O)(C(C)(C)C)C(C)(C)C.F. The predicted molar refractivity (Wildman–Crippen MR) is 68.3 cm³/mol. The van der Waals surface area contributed by atoms with Crippen molar-refractivity contribution < 1.29 is 24.5 Å². The Kier molecular flexibility index (Phi) is 5.35. The van der Waals surface area contributed by atoms with Crippen LogP contribution in [0.25, 0.3) is 0 Å². The van der Waals surface area contributed by atoms with Gasteiger partial charge in [-0.05, 0) is 10.8 Å². The molecule has 5 heteroatoms. The second-order valence-corrected chi connectivity index (χ2v) is 6.34. The molecule has 0 bridgehead atoms. The monoisotopic (exact) mass is 262 g/mol. The van der Waals surface area contributed by atoms with Gasteiger partial charge in [-0.25, -0.2) is 4.79 Å². The molecule has 0 aliphatic heterocycles. The molecule has 18 heavy (non-hydrogen) atoms. The Bertz CT molecular complexity index is 344. The molecule has 0 fully saturated rings. The van der Waals surface area contributed by atoms with E-state index in [4.69, 9.17) is 5.11 Å². The van der Waals surface area contributed by atoms with E-state index in [1.807, 2.05) is 0 Å². The van der Waals surface area contributed by atoms with Crippen LogP contribution in [0.5, 0.6) is 0 Å². The maximum atomic E-state index is 11.7. The van der Waals surface area contributed by atoms with Crippen LogP contribution >= 0.6 is 0 Å². The summed E-state index contributed by atoms with van der Waals surface area (Å²) < 4.78 is 0. The molecule has 0 atom stereocenters. The van der Waals surface area contributed by atoms with Crippen LogP contribution in [0.4, 0.5) is 4.70 Å². The lowest BCUT2D eigenvalue weighted by molar-refractivity contribution is -0.166. The largest absolute Gasteiger partial charge is 0.481 e. The first-order chi connectivity index (χ1) is 7.30. The zero-order valence-corrected chi connectivity index (χ0v) is 11.8. The van der Waals surface area contributed by atoms with Gasteiger partial charge in [0.25, 0.3) is 0 Å². The van der Waals surface area contributed by atoms with Crippen molar-refractivity contribution in [1.82, 2.24) is 0 Å². The zero-order chi connectivity index (χ0) is 14.2. The minimum atomic E-state index is -1.52. The van der Waals surface area contributed by atoms with Crippen LogP contribution < -0.4 is 0 Å². The summed E-state index contributed by atoms with van der Waals surface area (Å²) in [6, 6.07) is 0. The van der Waals surface area contributed by atoms with Gasteiger partial charge in [0.15, 0.2) is 0 Å². The summed E-state index contributed by atoms with van der Waals surface area (Å²) in [6.07, 6.45) is 0. The van der Waals surface area contributed by atoms with E-state index in [1.165, 1.54) is 0 Å². The topological polar surface area (TPSA) is 74.6 Å². The van der Waals surface area contributed by atoms with Crippen LogP contribution in [0.15, 0.2) is 12.2 Å². The fraction of sp³-hybridized carbons (Fsp3) is 0.692. The molecular weight excluding hydrogens is 239 g/mol. The first kappa shape index (κ1) is 19.0. The normalized spacial score (nSPS) is 12.6. The van der Waals surface area contributed by atoms with Gasteiger partial charge in [0, 0.05) is 5.57 Å². The van der Waals surface area contributed by atoms with E-state index in [-0.39, 0.29) is 10.3 Å². The number of carboxylic acid groups (broad SMARTS) is 2. The summed E-state index contributed by atoms with van der Waals surface area (Å²) in [7, 11) is 0. The van der Waals surface area contributed by atoms with E-state index in [2.05, 4.69) is 6.58 Å². The Balaban J connectivity index is 0. The molecule has 0 saturated carbocycles. The third-order valence-electron chi connectivity index (χ3n) is 3.28. The molecular formula is C13H23FO4. The van der Waals surface area contributed by atoms with Crippen LogP contribution in [0.3, 0.4) is 0 Å². The number of hydrogen-bond donors (Lipinski definition) is 2. The Hall–Kier alpha value is -1.39. The van der Waals surface area contributed by atoms with Gasteiger partial charge in [-0.1, -0.05) is 48.1 Å². The minimum Gasteiger partial charge on any atom is -0.481 e. The highest BCUT2D eigenvalue weighted by Gasteiger charge is 2.60. The smallest absolute Gasteiger partial charge is 0.332 e. The Morgan fingerprint density at radius 3 is 1.22 bits per heavy atom. The minimum absolute atomic E-state index is 0. The molecule has 0 aromatic heterocycles. The summed E-state index contributed by atoms with van der Waals surface area (Å²) >= 11 is 0. The van der Waals surface area contributed by atoms with Gasteiger partial charge in [-0.3, -0.25) is 9.50 Å². The van der Waals surface area contributed by atoms with E-state index >= 15 is 0 Å². The number of carboxylic acids is 2. The molecule has 0 unspecified atom stereocenters. The van der Waals surface area contributed by atoms with Crippen molar-refractivity contribution in [3.8, 4) is 0 Å². The second-order valence-electron chi connectivity index (χ2n) is 6.34. The fourth-order valence-corrected chi connectivity index (χ4v) is 2.96. The molecule has 0 aliphatic carbocycles. The lowest BCUT2D eigenvalue weighted by Crippen LogP contribution is -2.54. The molecule has 0 saturated heterocycles. The van der Waals surface area contributed by atoms with Gasteiger partial charge in [-0.15, -0.1) is 0 Å². The molecule has 0 amide bonds. The van der Waals surface area contributed by atoms with Gasteiger partial charge in [0.05, 0.1) is 0 Å². The summed E-state index contributed by atoms with van der Waals surface area (Å²) in [4.78, 5) is 22.9. The zero-order valence-electron chi connectivity index (χ0n) is 11.8. The molecule has 0 aromatic rings. The number of halogens is 1. The predicted octanol–water partition coefficient (Wildman–Crippen LogP) is 2.94. The van der Waals surface area contributed by atoms with Crippen molar-refractivity contribution in [3.63, 3.8) is 0 Å². The summed E-state index contributed by atoms with van der Waals surface area (Å²) in [5.74, 6) is -2.41. The van der Waals surface area contributed by atoms with Crippen molar-refractivity contribution >= 4 is 11.9 Å². The van der Waals surface area contributed by atoms with E-state index in [9.17, 15) is 14.7 Å². The molecule has 106 valence electrons. The molecule has 0 heterocycles. The van der Waals surface area contributed by atoms with Crippen LogP contribution in [-0.4, -0.2) is 22.2 Å². The maximum absolute atomic E-state index is 11.7. The molecule has 0 aliphatic rings. The van der Waals surface area contributed by atoms with Gasteiger partial charge in [0.2, 0.25) is 0 Å². The summed E-state index contributed by atoms with van der Waals surface area (Å²) in [5.41, 5.74) is -3.31. The summed E-state index contributed by atoms with van der Waals surface area (Å²) in [5, 5.41) is 18.7. The highest BCUT2D eigenvalue weighted by Crippen LogP contribution is 2.56. The molecule has 0 rings (SSSR count). The van der Waals surface area contributed by atoms with Gasteiger partial charge < -0.3 is 10.2 Å². The highest BCUT2D eigenvalue weighted by atomic mass is 19.0. The number of carbonyl (C=O) groups is 2. The van der Waals surface area contributed by atoms with E-state index < -0.39 is 28.2 Å². The molecule has 0 aromatic carbocycles. The maximum Gasteiger partial charge on any atom is 0.332 e. The van der Waals surface area contributed by atoms with Crippen molar-refractivity contribution in [2.24, 2.45) is 16.2 Å². The first-order valence-electron chi connectivity index (χ1n) is 5.46. The van der Waals surface area contributed by atoms with Crippen molar-refractivity contribution in [2.75, 3.05) is 0 Å². The van der Waals surface area contributed by atoms with Crippen molar-refractivity contribution in [3.05, 3.63) is 12.2 Å². The van der Waals surface area contributed by atoms with E-state index in [0.717, 1.165) is 0 Å². The average Bonchev–Trinajstić information content (AvgIpc) is 1.97. The van der Waals surface area contributed by atoms with Gasteiger partial charge in [-0.2, -0.15) is 0 Å². The number of aliphatic carboxylic acids is 2. The molecule has 4 nitrogen and oxygen atoms in total. The van der Waals surface area contributed by atoms with Crippen LogP contribution in [0.1, 0.15) is 41.5 Å². The van der Waals surface area contributed by atoms with Crippen molar-refractivity contribution in [1.29, 1.82) is 0 Å². The molecule has 0 spiro atoms. The number of hydrogen-bond acceptors (Lipinski definition) is 2. The molecule has 0 radical (unpaired) electrons. The Morgan fingerprint density at radius 2 is 1.17 bits per heavy atom. The van der Waals surface area contributed by atoms with Crippen LogP contribution in [0, 0.1) is 16.2 Å². The van der Waals surface area contributed by atoms with Gasteiger partial charge >= 0.3 is 11.9 Å². The third-order valence-corrected chi connectivity index (χ3v) is 3.28. The standard InChI is InChI=1S/C13H22O4.FH/c1-8(9(14)15)13(10(16)17,11(2,3)4)12(5,6)7;/h1H2,2-7H3,(H,14,15)(H,16,17);1H. The number of rotatable bonds is 3. The quantitative estimate of drug-likeness (QED) is 0.767. The molecule has 2 N–H and O–H groups in total. The van der Waals surface area contributed by atoms with Crippen molar-refractivity contribution in [2.45, 2.75) is 41.5 Å². The van der Waals surface area contributed by atoms with Gasteiger partial charge in [0.1, 0.15) is 5.41 Å². The average molecular weight is 262 g/mol. The van der Waals surface area contributed by atoms with Crippen LogP contribution in [0.2, 0.25) is 0 Å².